The second-order valence-electron chi connectivity index (χ2n) is 2.63. The van der Waals surface area contributed by atoms with Gasteiger partial charge in [-0.05, 0) is 12.1 Å². The van der Waals surface area contributed by atoms with Crippen molar-refractivity contribution in [1.29, 1.82) is 0 Å². The van der Waals surface area contributed by atoms with Crippen LogP contribution in [-0.2, 0) is 6.61 Å². The van der Waals surface area contributed by atoms with Gasteiger partial charge in [0.25, 0.3) is 0 Å². The lowest BCUT2D eigenvalue weighted by molar-refractivity contribution is 0.286. The summed E-state index contributed by atoms with van der Waals surface area (Å²) in [5, 5.41) is 9.09. The van der Waals surface area contributed by atoms with Crippen LogP contribution < -0.4 is 0 Å². The number of thiazole rings is 1. The molecule has 0 bridgehead atoms. The number of hydrogen-bond acceptors (Lipinski definition) is 4. The van der Waals surface area contributed by atoms with Crippen molar-refractivity contribution in [3.63, 3.8) is 0 Å². The third kappa shape index (κ3) is 1.77. The smallest absolute Gasteiger partial charge is 0.184 e. The van der Waals surface area contributed by atoms with Crippen LogP contribution in [-0.4, -0.2) is 15.1 Å². The summed E-state index contributed by atoms with van der Waals surface area (Å²) < 4.78 is 0.445. The van der Waals surface area contributed by atoms with E-state index in [0.29, 0.717) is 4.47 Å². The van der Waals surface area contributed by atoms with Crippen molar-refractivity contribution >= 4 is 22.9 Å². The van der Waals surface area contributed by atoms with Crippen molar-refractivity contribution in [2.45, 2.75) is 6.61 Å². The summed E-state index contributed by atoms with van der Waals surface area (Å²) in [5.74, 6) is 0. The minimum atomic E-state index is -0.0396. The lowest BCUT2D eigenvalue weighted by Crippen LogP contribution is -1.84. The zero-order valence-corrected chi connectivity index (χ0v) is 8.72. The van der Waals surface area contributed by atoms with Gasteiger partial charge in [-0.2, -0.15) is 0 Å². The molecule has 0 aliphatic rings. The summed E-state index contributed by atoms with van der Waals surface area (Å²) in [5.41, 5.74) is 1.66. The standard InChI is InChI=1S/C9H7ClN2OS/c10-9-12-8(7(5-13)14-9)6-1-3-11-4-2-6/h1-4,13H,5H2. The van der Waals surface area contributed by atoms with Gasteiger partial charge in [0.2, 0.25) is 0 Å². The molecule has 0 aliphatic carbocycles. The molecule has 2 aromatic rings. The van der Waals surface area contributed by atoms with Gasteiger partial charge in [0.05, 0.1) is 17.2 Å². The summed E-state index contributed by atoms with van der Waals surface area (Å²) in [4.78, 5) is 8.84. The number of hydrogen-bond donors (Lipinski definition) is 1. The van der Waals surface area contributed by atoms with E-state index in [0.717, 1.165) is 16.1 Å². The zero-order valence-electron chi connectivity index (χ0n) is 7.14. The first-order valence-electron chi connectivity index (χ1n) is 3.97. The molecule has 3 nitrogen and oxygen atoms in total. The molecular weight excluding hydrogens is 220 g/mol. The maximum Gasteiger partial charge on any atom is 0.184 e. The van der Waals surface area contributed by atoms with Gasteiger partial charge in [0.15, 0.2) is 4.47 Å². The number of halogens is 1. The summed E-state index contributed by atoms with van der Waals surface area (Å²) in [6.45, 7) is -0.0396. The molecule has 72 valence electrons. The number of aliphatic hydroxyl groups is 1. The van der Waals surface area contributed by atoms with Crippen LogP contribution in [0, 0.1) is 0 Å². The Balaban J connectivity index is 2.51. The monoisotopic (exact) mass is 226 g/mol. The van der Waals surface area contributed by atoms with Crippen molar-refractivity contribution < 1.29 is 5.11 Å². The number of pyridine rings is 1. The van der Waals surface area contributed by atoms with E-state index in [9.17, 15) is 0 Å². The maximum absolute atomic E-state index is 9.09. The lowest BCUT2D eigenvalue weighted by Gasteiger charge is -1.97. The molecule has 0 saturated heterocycles. The number of nitrogens with zero attached hydrogens (tertiary/aromatic N) is 2. The largest absolute Gasteiger partial charge is 0.391 e. The summed E-state index contributed by atoms with van der Waals surface area (Å²) in [6.07, 6.45) is 3.37. The Bertz CT molecular complexity index is 430. The van der Waals surface area contributed by atoms with Gasteiger partial charge in [-0.1, -0.05) is 11.6 Å². The molecule has 0 amide bonds. The summed E-state index contributed by atoms with van der Waals surface area (Å²) in [6, 6.07) is 3.68. The molecule has 0 aliphatic heterocycles. The third-order valence-electron chi connectivity index (χ3n) is 1.77. The molecule has 0 fully saturated rings. The van der Waals surface area contributed by atoms with Gasteiger partial charge in [0.1, 0.15) is 0 Å². The molecule has 14 heavy (non-hydrogen) atoms. The molecule has 0 unspecified atom stereocenters. The van der Waals surface area contributed by atoms with Crippen LogP contribution >= 0.6 is 22.9 Å². The Labute approximate surface area is 90.0 Å². The van der Waals surface area contributed by atoms with Crippen LogP contribution in [0.2, 0.25) is 4.47 Å². The van der Waals surface area contributed by atoms with E-state index in [1.807, 2.05) is 12.1 Å². The number of aromatic nitrogens is 2. The average Bonchev–Trinajstić information content (AvgIpc) is 2.61. The number of aliphatic hydroxyl groups excluding tert-OH is 1. The first-order valence-corrected chi connectivity index (χ1v) is 5.17. The minimum Gasteiger partial charge on any atom is -0.391 e. The highest BCUT2D eigenvalue weighted by Crippen LogP contribution is 2.30. The van der Waals surface area contributed by atoms with Gasteiger partial charge in [-0.15, -0.1) is 11.3 Å². The fourth-order valence-electron chi connectivity index (χ4n) is 1.17. The van der Waals surface area contributed by atoms with Crippen LogP contribution in [0.1, 0.15) is 4.88 Å². The van der Waals surface area contributed by atoms with E-state index in [1.165, 1.54) is 11.3 Å². The quantitative estimate of drug-likeness (QED) is 0.855. The zero-order chi connectivity index (χ0) is 9.97. The van der Waals surface area contributed by atoms with Crippen molar-refractivity contribution in [2.24, 2.45) is 0 Å². The Morgan fingerprint density at radius 3 is 2.71 bits per heavy atom. The molecular formula is C9H7ClN2OS. The molecule has 0 atom stereocenters. The predicted molar refractivity (Wildman–Crippen MR) is 56.3 cm³/mol. The van der Waals surface area contributed by atoms with Crippen molar-refractivity contribution in [3.8, 4) is 11.3 Å². The van der Waals surface area contributed by atoms with Crippen LogP contribution in [0.3, 0.4) is 0 Å². The molecule has 0 saturated carbocycles. The van der Waals surface area contributed by atoms with E-state index < -0.39 is 0 Å². The van der Waals surface area contributed by atoms with E-state index in [-0.39, 0.29) is 6.61 Å². The van der Waals surface area contributed by atoms with Gasteiger partial charge in [0, 0.05) is 18.0 Å². The van der Waals surface area contributed by atoms with Crippen LogP contribution in [0.4, 0.5) is 0 Å². The SMILES string of the molecule is OCc1sc(Cl)nc1-c1ccncc1. The van der Waals surface area contributed by atoms with Gasteiger partial charge >= 0.3 is 0 Å². The van der Waals surface area contributed by atoms with E-state index >= 15 is 0 Å². The minimum absolute atomic E-state index is 0.0396. The molecule has 0 spiro atoms. The average molecular weight is 227 g/mol. The topological polar surface area (TPSA) is 46.0 Å². The van der Waals surface area contributed by atoms with Crippen molar-refractivity contribution in [2.75, 3.05) is 0 Å². The molecule has 2 heterocycles. The Hall–Kier alpha value is -0.970. The van der Waals surface area contributed by atoms with E-state index in [2.05, 4.69) is 9.97 Å². The lowest BCUT2D eigenvalue weighted by atomic mass is 10.2. The first kappa shape index (κ1) is 9.58. The fourth-order valence-corrected chi connectivity index (χ4v) is 2.19. The van der Waals surface area contributed by atoms with Crippen LogP contribution in [0.5, 0.6) is 0 Å². The van der Waals surface area contributed by atoms with Crippen molar-refractivity contribution in [1.82, 2.24) is 9.97 Å². The fraction of sp³-hybridized carbons (Fsp3) is 0.111. The second-order valence-corrected chi connectivity index (χ2v) is 4.30. The highest BCUT2D eigenvalue weighted by atomic mass is 35.5. The van der Waals surface area contributed by atoms with Gasteiger partial charge < -0.3 is 5.11 Å². The predicted octanol–water partition coefficient (Wildman–Crippen LogP) is 2.35. The van der Waals surface area contributed by atoms with Crippen molar-refractivity contribution in [3.05, 3.63) is 33.9 Å². The van der Waals surface area contributed by atoms with E-state index in [4.69, 9.17) is 16.7 Å². The second kappa shape index (κ2) is 4.04. The Kier molecular flexibility index (Phi) is 2.77. The van der Waals surface area contributed by atoms with Gasteiger partial charge in [-0.25, -0.2) is 4.98 Å². The molecule has 2 rings (SSSR count). The van der Waals surface area contributed by atoms with Crippen LogP contribution in [0.25, 0.3) is 11.3 Å². The Morgan fingerprint density at radius 1 is 1.36 bits per heavy atom. The highest BCUT2D eigenvalue weighted by molar-refractivity contribution is 7.16. The van der Waals surface area contributed by atoms with Gasteiger partial charge in [-0.3, -0.25) is 4.98 Å². The maximum atomic E-state index is 9.09. The first-order chi connectivity index (χ1) is 6.81. The van der Waals surface area contributed by atoms with Crippen LogP contribution in [0.15, 0.2) is 24.5 Å². The summed E-state index contributed by atoms with van der Waals surface area (Å²) in [7, 11) is 0. The van der Waals surface area contributed by atoms with E-state index in [1.54, 1.807) is 12.4 Å². The molecule has 5 heteroatoms. The number of rotatable bonds is 2. The molecule has 1 N–H and O–H groups in total. The molecule has 2 aromatic heterocycles. The Morgan fingerprint density at radius 2 is 2.07 bits per heavy atom. The third-order valence-corrected chi connectivity index (χ3v) is 2.91. The highest BCUT2D eigenvalue weighted by Gasteiger charge is 2.10. The normalized spacial score (nSPS) is 10.4. The molecule has 0 aromatic carbocycles. The molecule has 0 radical (unpaired) electrons. The summed E-state index contributed by atoms with van der Waals surface area (Å²) >= 11 is 7.07.